The molecule has 0 bridgehead atoms. The third kappa shape index (κ3) is 4.00. The maximum Gasteiger partial charge on any atom is 0.127 e. The highest BCUT2D eigenvalue weighted by molar-refractivity contribution is 7.99. The quantitative estimate of drug-likeness (QED) is 0.808. The van der Waals surface area contributed by atoms with Crippen molar-refractivity contribution in [1.29, 1.82) is 0 Å². The molecule has 1 heterocycles. The van der Waals surface area contributed by atoms with Crippen LogP contribution in [0, 0.1) is 6.92 Å². The first kappa shape index (κ1) is 12.2. The normalized spacial score (nSPS) is 12.5. The van der Waals surface area contributed by atoms with Gasteiger partial charge < -0.3 is 11.1 Å². The minimum atomic E-state index is 0.681. The van der Waals surface area contributed by atoms with Gasteiger partial charge in [-0.25, -0.2) is 4.98 Å². The van der Waals surface area contributed by atoms with Crippen LogP contribution < -0.4 is 11.1 Å². The summed E-state index contributed by atoms with van der Waals surface area (Å²) in [6.45, 7) is 5.13. The van der Waals surface area contributed by atoms with Crippen molar-refractivity contribution in [2.24, 2.45) is 0 Å². The van der Waals surface area contributed by atoms with Gasteiger partial charge in [-0.05, 0) is 25.2 Å². The van der Waals surface area contributed by atoms with Crippen LogP contribution in [0.15, 0.2) is 12.3 Å². The number of thioether (sulfide) groups is 1. The molecule has 0 saturated heterocycles. The van der Waals surface area contributed by atoms with Crippen molar-refractivity contribution in [3.05, 3.63) is 17.8 Å². The summed E-state index contributed by atoms with van der Waals surface area (Å²) in [4.78, 5) is 4.26. The first-order valence-corrected chi connectivity index (χ1v) is 6.41. The minimum Gasteiger partial charge on any atom is -0.398 e. The Morgan fingerprint density at radius 3 is 2.93 bits per heavy atom. The summed E-state index contributed by atoms with van der Waals surface area (Å²) in [6.07, 6.45) is 5.07. The highest BCUT2D eigenvalue weighted by atomic mass is 32.2. The van der Waals surface area contributed by atoms with Crippen molar-refractivity contribution >= 4 is 23.3 Å². The molecule has 0 radical (unpaired) electrons. The van der Waals surface area contributed by atoms with Gasteiger partial charge in [-0.3, -0.25) is 0 Å². The van der Waals surface area contributed by atoms with Crippen LogP contribution in [-0.4, -0.2) is 23.0 Å². The van der Waals surface area contributed by atoms with Crippen molar-refractivity contribution in [3.63, 3.8) is 0 Å². The summed E-state index contributed by atoms with van der Waals surface area (Å²) in [7, 11) is 0. The highest BCUT2D eigenvalue weighted by Crippen LogP contribution is 2.14. The largest absolute Gasteiger partial charge is 0.398 e. The lowest BCUT2D eigenvalue weighted by molar-refractivity contribution is 0.850. The average Bonchev–Trinajstić information content (AvgIpc) is 2.23. The number of nitrogens with one attached hydrogen (secondary N) is 1. The molecule has 3 nitrogen and oxygen atoms in total. The lowest BCUT2D eigenvalue weighted by atomic mass is 10.2. The predicted molar refractivity (Wildman–Crippen MR) is 69.5 cm³/mol. The number of hydrogen-bond acceptors (Lipinski definition) is 4. The van der Waals surface area contributed by atoms with Crippen LogP contribution in [0.3, 0.4) is 0 Å². The zero-order chi connectivity index (χ0) is 11.3. The van der Waals surface area contributed by atoms with Crippen LogP contribution >= 0.6 is 11.8 Å². The van der Waals surface area contributed by atoms with Gasteiger partial charge >= 0.3 is 0 Å². The number of rotatable bonds is 5. The third-order valence-electron chi connectivity index (χ3n) is 2.40. The van der Waals surface area contributed by atoms with Crippen molar-refractivity contribution in [2.45, 2.75) is 25.5 Å². The molecule has 0 aliphatic heterocycles. The topological polar surface area (TPSA) is 50.9 Å². The molecule has 0 aliphatic carbocycles. The minimum absolute atomic E-state index is 0.681. The van der Waals surface area contributed by atoms with Crippen LogP contribution in [0.4, 0.5) is 11.5 Å². The zero-order valence-corrected chi connectivity index (χ0v) is 10.4. The molecule has 84 valence electrons. The van der Waals surface area contributed by atoms with Gasteiger partial charge in [0.2, 0.25) is 0 Å². The van der Waals surface area contributed by atoms with E-state index in [0.717, 1.165) is 30.0 Å². The van der Waals surface area contributed by atoms with E-state index in [1.54, 1.807) is 6.20 Å². The maximum absolute atomic E-state index is 5.79. The molecule has 0 spiro atoms. The van der Waals surface area contributed by atoms with Gasteiger partial charge in [0, 0.05) is 29.7 Å². The van der Waals surface area contributed by atoms with Crippen molar-refractivity contribution in [2.75, 3.05) is 23.9 Å². The number of nitrogens with zero attached hydrogens (tertiary/aromatic N) is 1. The first-order valence-electron chi connectivity index (χ1n) is 5.12. The molecule has 0 amide bonds. The van der Waals surface area contributed by atoms with E-state index in [1.165, 1.54) is 0 Å². The SMILES string of the molecule is CSC(C)CCNc1cc(N)c(C)cn1. The van der Waals surface area contributed by atoms with Gasteiger partial charge in [0.1, 0.15) is 5.82 Å². The number of aromatic nitrogens is 1. The van der Waals surface area contributed by atoms with Gasteiger partial charge in [0.15, 0.2) is 0 Å². The Bertz CT molecular complexity index is 315. The summed E-state index contributed by atoms with van der Waals surface area (Å²) < 4.78 is 0. The molecule has 0 saturated carbocycles. The molecule has 0 fully saturated rings. The van der Waals surface area contributed by atoms with Crippen LogP contribution in [0.2, 0.25) is 0 Å². The average molecular weight is 225 g/mol. The van der Waals surface area contributed by atoms with Crippen molar-refractivity contribution in [3.8, 4) is 0 Å². The lowest BCUT2D eigenvalue weighted by Gasteiger charge is -2.10. The fourth-order valence-corrected chi connectivity index (χ4v) is 1.51. The van der Waals surface area contributed by atoms with E-state index in [1.807, 2.05) is 24.8 Å². The summed E-state index contributed by atoms with van der Waals surface area (Å²) >= 11 is 1.88. The first-order chi connectivity index (χ1) is 7.13. The molecular weight excluding hydrogens is 206 g/mol. The van der Waals surface area contributed by atoms with Crippen LogP contribution in [-0.2, 0) is 0 Å². The number of nitrogens with two attached hydrogens (primary N) is 1. The molecular formula is C11H19N3S. The molecule has 0 aliphatic rings. The number of aryl methyl sites for hydroxylation is 1. The fourth-order valence-electron chi connectivity index (χ4n) is 1.16. The summed E-state index contributed by atoms with van der Waals surface area (Å²) in [5.74, 6) is 0.867. The number of nitrogen functional groups attached to an aromatic ring is 1. The van der Waals surface area contributed by atoms with E-state index in [0.29, 0.717) is 5.25 Å². The molecule has 1 atom stereocenters. The van der Waals surface area contributed by atoms with Gasteiger partial charge in [-0.1, -0.05) is 6.92 Å². The molecule has 1 aromatic heterocycles. The van der Waals surface area contributed by atoms with Gasteiger partial charge in [0.25, 0.3) is 0 Å². The Balaban J connectivity index is 2.41. The van der Waals surface area contributed by atoms with E-state index >= 15 is 0 Å². The lowest BCUT2D eigenvalue weighted by Crippen LogP contribution is -2.09. The van der Waals surface area contributed by atoms with E-state index in [2.05, 4.69) is 23.5 Å². The molecule has 1 unspecified atom stereocenters. The predicted octanol–water partition coefficient (Wildman–Crippen LogP) is 2.53. The highest BCUT2D eigenvalue weighted by Gasteiger charge is 2.00. The number of anilines is 2. The van der Waals surface area contributed by atoms with E-state index in [9.17, 15) is 0 Å². The standard InChI is InChI=1S/C11H19N3S/c1-8-7-14-11(6-10(8)12)13-5-4-9(2)15-3/h6-7,9H,4-5H2,1-3H3,(H3,12,13,14). The smallest absolute Gasteiger partial charge is 0.127 e. The molecule has 15 heavy (non-hydrogen) atoms. The second-order valence-corrected chi connectivity index (χ2v) is 4.96. The van der Waals surface area contributed by atoms with E-state index in [-0.39, 0.29) is 0 Å². The van der Waals surface area contributed by atoms with Gasteiger partial charge in [0.05, 0.1) is 0 Å². The second kappa shape index (κ2) is 5.85. The molecule has 1 rings (SSSR count). The Morgan fingerprint density at radius 2 is 2.33 bits per heavy atom. The van der Waals surface area contributed by atoms with Crippen LogP contribution in [0.1, 0.15) is 18.9 Å². The van der Waals surface area contributed by atoms with E-state index in [4.69, 9.17) is 5.73 Å². The van der Waals surface area contributed by atoms with Gasteiger partial charge in [-0.2, -0.15) is 11.8 Å². The molecule has 3 N–H and O–H groups in total. The van der Waals surface area contributed by atoms with Crippen LogP contribution in [0.25, 0.3) is 0 Å². The van der Waals surface area contributed by atoms with E-state index < -0.39 is 0 Å². The second-order valence-electron chi connectivity index (χ2n) is 3.69. The summed E-state index contributed by atoms with van der Waals surface area (Å²) in [5, 5.41) is 3.95. The van der Waals surface area contributed by atoms with Gasteiger partial charge in [-0.15, -0.1) is 0 Å². The third-order valence-corrected chi connectivity index (χ3v) is 3.44. The molecule has 0 aromatic carbocycles. The summed E-state index contributed by atoms with van der Waals surface area (Å²) in [5.41, 5.74) is 7.62. The number of hydrogen-bond donors (Lipinski definition) is 2. The molecule has 4 heteroatoms. The Kier molecular flexibility index (Phi) is 4.75. The monoisotopic (exact) mass is 225 g/mol. The maximum atomic E-state index is 5.79. The zero-order valence-electron chi connectivity index (χ0n) is 9.58. The Labute approximate surface area is 95.9 Å². The molecule has 1 aromatic rings. The van der Waals surface area contributed by atoms with Crippen LogP contribution in [0.5, 0.6) is 0 Å². The van der Waals surface area contributed by atoms with Crippen molar-refractivity contribution < 1.29 is 0 Å². The number of pyridine rings is 1. The summed E-state index contributed by atoms with van der Waals surface area (Å²) in [6, 6.07) is 1.89. The Hall–Kier alpha value is -0.900. The Morgan fingerprint density at radius 1 is 1.60 bits per heavy atom. The fraction of sp³-hybridized carbons (Fsp3) is 0.545. The van der Waals surface area contributed by atoms with Crippen molar-refractivity contribution in [1.82, 2.24) is 4.98 Å².